The van der Waals surface area contributed by atoms with Gasteiger partial charge in [0.25, 0.3) is 0 Å². The maximum absolute atomic E-state index is 13.5. The van der Waals surface area contributed by atoms with E-state index in [0.29, 0.717) is 0 Å². The van der Waals surface area contributed by atoms with Crippen LogP contribution in [0.5, 0.6) is 0 Å². The van der Waals surface area contributed by atoms with Gasteiger partial charge >= 0.3 is 13.9 Å². The third-order valence-electron chi connectivity index (χ3n) is 12.7. The monoisotopic (exact) mass is 1080 g/mol. The number of ether oxygens (including phenoxy) is 7. The van der Waals surface area contributed by atoms with E-state index in [4.69, 9.17) is 47.9 Å². The van der Waals surface area contributed by atoms with Gasteiger partial charge in [0.2, 0.25) is 5.91 Å². The van der Waals surface area contributed by atoms with Crippen molar-refractivity contribution in [1.29, 1.82) is 0 Å². The average molecular weight is 1080 g/mol. The van der Waals surface area contributed by atoms with Crippen LogP contribution in [0.15, 0.2) is 59.3 Å². The molecule has 3 fully saturated rings. The minimum absolute atomic E-state index is 0.00864. The second kappa shape index (κ2) is 30.0. The van der Waals surface area contributed by atoms with Crippen molar-refractivity contribution in [2.45, 2.75) is 199 Å². The van der Waals surface area contributed by atoms with Gasteiger partial charge in [-0.2, -0.15) is 0 Å². The summed E-state index contributed by atoms with van der Waals surface area (Å²) in [7, 11) is -5.25. The summed E-state index contributed by atoms with van der Waals surface area (Å²) < 4.78 is 63.2. The minimum atomic E-state index is -5.25. The van der Waals surface area contributed by atoms with Gasteiger partial charge in [-0.3, -0.25) is 18.6 Å². The van der Waals surface area contributed by atoms with Crippen molar-refractivity contribution in [3.63, 3.8) is 0 Å². The third kappa shape index (κ3) is 20.6. The van der Waals surface area contributed by atoms with Crippen LogP contribution in [0.4, 0.5) is 4.79 Å². The first kappa shape index (κ1) is 65.0. The molecule has 16 unspecified atom stereocenters. The van der Waals surface area contributed by atoms with Crippen molar-refractivity contribution in [2.75, 3.05) is 33.0 Å². The lowest BCUT2D eigenvalue weighted by molar-refractivity contribution is -0.358. The van der Waals surface area contributed by atoms with Gasteiger partial charge in [-0.1, -0.05) is 73.1 Å². The quantitative estimate of drug-likeness (QED) is 0.0292. The number of aliphatic hydroxyl groups is 7. The predicted octanol–water partition coefficient (Wildman–Crippen LogP) is 2.55. The van der Waals surface area contributed by atoms with Crippen molar-refractivity contribution in [3.8, 4) is 0 Å². The van der Waals surface area contributed by atoms with E-state index in [-0.39, 0.29) is 18.6 Å². The molecule has 16 atom stereocenters. The fourth-order valence-corrected chi connectivity index (χ4v) is 9.10. The highest BCUT2D eigenvalue weighted by Crippen LogP contribution is 2.48. The Kier molecular flexibility index (Phi) is 26.4. The van der Waals surface area contributed by atoms with Crippen LogP contribution in [0, 0.1) is 5.41 Å². The Labute approximate surface area is 433 Å². The zero-order chi connectivity index (χ0) is 55.7. The van der Waals surface area contributed by atoms with E-state index in [9.17, 15) is 59.6 Å². The smallest absolute Gasteiger partial charge is 0.440 e. The van der Waals surface area contributed by atoms with Crippen LogP contribution in [-0.4, -0.2) is 183 Å². The number of phosphoric acid groups is 1. The number of carbonyl (C=O) groups is 3. The molecular weight excluding hydrogens is 996 g/mol. The largest absolute Gasteiger partial charge is 0.474 e. The van der Waals surface area contributed by atoms with Crippen molar-refractivity contribution < 1.29 is 102 Å². The fraction of sp³-hybridized carbons (Fsp3) is 0.740. The molecule has 0 spiro atoms. The summed E-state index contributed by atoms with van der Waals surface area (Å²) in [5.41, 5.74) is 7.78. The van der Waals surface area contributed by atoms with Crippen LogP contribution < -0.4 is 11.1 Å². The van der Waals surface area contributed by atoms with Crippen LogP contribution in [0.3, 0.4) is 0 Å². The van der Waals surface area contributed by atoms with Crippen LogP contribution >= 0.6 is 7.82 Å². The molecule has 11 N–H and O–H groups in total. The number of phosphoric ester groups is 1. The SMILES string of the molecule is C=C(C/C=C(\C)CCC=C(C)C)CCC(C)(C)/C=C/CC/C(C)=C\COCCOP(=O)(O)OC1OC(C(C)=O)C(C)(O)C(OC(N)=O)C1OC1OC(COC2OC(CO)C(O)C(O)C2O)C(O)C(O)C1NC(C)=O. The number of hydrogen-bond donors (Lipinski definition) is 10. The minimum Gasteiger partial charge on any atom is -0.440 e. The number of primary amides is 1. The number of Topliss-reactive ketones (excluding diaryl/α,β-unsaturated/α-hetero) is 1. The Hall–Kier alpha value is -3.30. The van der Waals surface area contributed by atoms with E-state index in [1.165, 1.54) is 16.7 Å². The molecular formula is C50H83N2O21P. The van der Waals surface area contributed by atoms with Crippen molar-refractivity contribution in [1.82, 2.24) is 5.32 Å². The van der Waals surface area contributed by atoms with Crippen molar-refractivity contribution in [2.24, 2.45) is 11.1 Å². The molecule has 424 valence electrons. The maximum atomic E-state index is 13.5. The number of rotatable bonds is 29. The van der Waals surface area contributed by atoms with Crippen molar-refractivity contribution in [3.05, 3.63) is 59.3 Å². The topological polar surface area (TPSA) is 351 Å². The number of hydrogen-bond acceptors (Lipinski definition) is 20. The number of amides is 2. The average Bonchev–Trinajstić information content (AvgIpc) is 3.30. The Morgan fingerprint density at radius 2 is 1.46 bits per heavy atom. The number of ketones is 1. The van der Waals surface area contributed by atoms with Gasteiger partial charge in [0.1, 0.15) is 54.4 Å². The Morgan fingerprint density at radius 3 is 2.08 bits per heavy atom. The lowest BCUT2D eigenvalue weighted by Crippen LogP contribution is -2.71. The highest BCUT2D eigenvalue weighted by molar-refractivity contribution is 7.47. The predicted molar refractivity (Wildman–Crippen MR) is 266 cm³/mol. The second-order valence-electron chi connectivity index (χ2n) is 20.2. The molecule has 0 aromatic carbocycles. The Bertz CT molecular complexity index is 2000. The molecule has 74 heavy (non-hydrogen) atoms. The van der Waals surface area contributed by atoms with Crippen LogP contribution in [0.25, 0.3) is 0 Å². The summed E-state index contributed by atoms with van der Waals surface area (Å²) in [5.74, 6) is -1.67. The maximum Gasteiger partial charge on any atom is 0.474 e. The summed E-state index contributed by atoms with van der Waals surface area (Å²) >= 11 is 0. The molecule has 0 aromatic rings. The van der Waals surface area contributed by atoms with Crippen LogP contribution in [-0.2, 0) is 56.4 Å². The first-order valence-electron chi connectivity index (χ1n) is 24.7. The second-order valence-corrected chi connectivity index (χ2v) is 21.7. The van der Waals surface area contributed by atoms with Crippen LogP contribution in [0.2, 0.25) is 0 Å². The molecule has 0 radical (unpaired) electrons. The van der Waals surface area contributed by atoms with E-state index < -0.39 is 137 Å². The summed E-state index contributed by atoms with van der Waals surface area (Å²) in [4.78, 5) is 48.4. The molecule has 3 rings (SSSR count). The normalized spacial score (nSPS) is 32.9. The van der Waals surface area contributed by atoms with E-state index in [1.54, 1.807) is 0 Å². The first-order valence-corrected chi connectivity index (χ1v) is 26.2. The highest BCUT2D eigenvalue weighted by atomic mass is 31.2. The molecule has 0 saturated carbocycles. The number of carbonyl (C=O) groups excluding carboxylic acids is 3. The van der Waals surface area contributed by atoms with E-state index in [2.05, 4.69) is 70.8 Å². The first-order chi connectivity index (χ1) is 34.5. The zero-order valence-electron chi connectivity index (χ0n) is 44.1. The molecule has 3 aliphatic rings. The number of nitrogens with two attached hydrogens (primary N) is 1. The number of nitrogens with one attached hydrogen (secondary N) is 1. The molecule has 0 aromatic heterocycles. The summed E-state index contributed by atoms with van der Waals surface area (Å²) in [6, 6.07) is -1.71. The Morgan fingerprint density at radius 1 is 0.824 bits per heavy atom. The highest BCUT2D eigenvalue weighted by Gasteiger charge is 2.61. The number of aliphatic hydroxyl groups excluding tert-OH is 6. The van der Waals surface area contributed by atoms with Gasteiger partial charge in [0.15, 0.2) is 43.0 Å². The van der Waals surface area contributed by atoms with E-state index >= 15 is 0 Å². The summed E-state index contributed by atoms with van der Waals surface area (Å²) in [6.07, 6.45) is -8.80. The van der Waals surface area contributed by atoms with Gasteiger partial charge in [-0.05, 0) is 91.9 Å². The molecule has 24 heteroatoms. The molecule has 23 nitrogen and oxygen atoms in total. The van der Waals surface area contributed by atoms with Gasteiger partial charge < -0.3 is 84.8 Å². The fourth-order valence-electron chi connectivity index (χ4n) is 8.30. The zero-order valence-corrected chi connectivity index (χ0v) is 45.0. The van der Waals surface area contributed by atoms with E-state index in [0.717, 1.165) is 71.3 Å². The van der Waals surface area contributed by atoms with E-state index in [1.807, 2.05) is 13.0 Å². The van der Waals surface area contributed by atoms with Gasteiger partial charge in [-0.25, -0.2) is 9.36 Å². The van der Waals surface area contributed by atoms with Gasteiger partial charge in [0, 0.05) is 6.92 Å². The standard InChI is InChI=1S/C50H83N2O21P/c1-28(2)14-13-16-29(3)17-18-31(5)19-22-49(8,9)21-12-11-15-30(4)20-23-65-24-25-67-74(63,64)73-47-42(44(72-48(51)61)50(10,62)43(71-47)32(6)54)70-45-36(52-33(7)55)39(58)38(57)35(69-45)27-66-46-41(60)40(59)37(56)34(26-53)68-46/h12,14,17,20-21,34-47,53,56-60,62H,5,11,13,15-16,18-19,22-27H2,1-4,6-10H3,(H2,51,61)(H,52,55)(H,63,64)/b21-12+,29-17+,30-20-. The summed E-state index contributed by atoms with van der Waals surface area (Å²) in [6.45, 7) is 17.9. The Balaban J connectivity index is 1.66. The van der Waals surface area contributed by atoms with Crippen molar-refractivity contribution >= 4 is 25.6 Å². The lowest BCUT2D eigenvalue weighted by atomic mass is 9.83. The molecule has 3 aliphatic heterocycles. The van der Waals surface area contributed by atoms with Gasteiger partial charge in [0.05, 0.1) is 33.0 Å². The lowest BCUT2D eigenvalue weighted by Gasteiger charge is -2.50. The van der Waals surface area contributed by atoms with Crippen LogP contribution in [0.1, 0.15) is 107 Å². The molecule has 3 heterocycles. The molecule has 0 aliphatic carbocycles. The number of allylic oxidation sites excluding steroid dienone is 8. The molecule has 0 bridgehead atoms. The summed E-state index contributed by atoms with van der Waals surface area (Å²) in [5, 5.41) is 76.7. The van der Waals surface area contributed by atoms with Gasteiger partial charge in [-0.15, -0.1) is 0 Å². The molecule has 3 saturated heterocycles. The third-order valence-corrected chi connectivity index (χ3v) is 13.7. The molecule has 2 amide bonds.